The van der Waals surface area contributed by atoms with Gasteiger partial charge < -0.3 is 0 Å². The van der Waals surface area contributed by atoms with Gasteiger partial charge in [0.15, 0.2) is 0 Å². The number of hydrogen-bond acceptors (Lipinski definition) is 0. The molecule has 0 bridgehead atoms. The topological polar surface area (TPSA) is 0 Å². The van der Waals surface area contributed by atoms with Gasteiger partial charge in [-0.15, -0.1) is 0 Å². The molecule has 0 unspecified atom stereocenters. The predicted molar refractivity (Wildman–Crippen MR) is 118 cm³/mol. The maximum atomic E-state index is 15.2. The van der Waals surface area contributed by atoms with E-state index in [2.05, 4.69) is 6.92 Å². The van der Waals surface area contributed by atoms with Crippen LogP contribution in [0.15, 0.2) is 78.9 Å². The number of unbranched alkanes of at least 4 members (excludes halogenated alkanes) is 1. The molecular formula is C27H22F4. The van der Waals surface area contributed by atoms with E-state index in [0.717, 1.165) is 47.9 Å². The van der Waals surface area contributed by atoms with E-state index in [1.807, 2.05) is 24.3 Å². The van der Waals surface area contributed by atoms with Crippen LogP contribution in [0.2, 0.25) is 0 Å². The van der Waals surface area contributed by atoms with Crippen molar-refractivity contribution in [2.45, 2.75) is 32.4 Å². The number of benzene rings is 4. The van der Waals surface area contributed by atoms with Gasteiger partial charge in [-0.05, 0) is 52.6 Å². The molecule has 4 rings (SSSR count). The van der Waals surface area contributed by atoms with Gasteiger partial charge >= 0.3 is 6.18 Å². The van der Waals surface area contributed by atoms with Gasteiger partial charge in [-0.1, -0.05) is 80.1 Å². The second kappa shape index (κ2) is 8.54. The van der Waals surface area contributed by atoms with Gasteiger partial charge in [0.1, 0.15) is 5.82 Å². The monoisotopic (exact) mass is 422 g/mol. The number of aryl methyl sites for hydroxylation is 1. The molecule has 0 spiro atoms. The molecule has 0 saturated carbocycles. The summed E-state index contributed by atoms with van der Waals surface area (Å²) in [5, 5.41) is 1.47. The molecule has 0 aliphatic rings. The second-order valence-corrected chi connectivity index (χ2v) is 7.74. The number of halogens is 4. The lowest BCUT2D eigenvalue weighted by Crippen LogP contribution is -2.03. The van der Waals surface area contributed by atoms with Crippen LogP contribution in [0.4, 0.5) is 17.6 Å². The molecule has 0 aliphatic heterocycles. The Morgan fingerprint density at radius 1 is 0.710 bits per heavy atom. The van der Waals surface area contributed by atoms with Crippen LogP contribution >= 0.6 is 0 Å². The van der Waals surface area contributed by atoms with Crippen molar-refractivity contribution in [1.29, 1.82) is 0 Å². The van der Waals surface area contributed by atoms with Crippen LogP contribution in [0, 0.1) is 5.82 Å². The minimum Gasteiger partial charge on any atom is -0.206 e. The number of alkyl halides is 3. The summed E-state index contributed by atoms with van der Waals surface area (Å²) < 4.78 is 53.5. The molecular weight excluding hydrogens is 400 g/mol. The first-order valence-corrected chi connectivity index (χ1v) is 10.4. The van der Waals surface area contributed by atoms with E-state index in [1.54, 1.807) is 30.3 Å². The number of hydrogen-bond donors (Lipinski definition) is 0. The van der Waals surface area contributed by atoms with Crippen LogP contribution < -0.4 is 0 Å². The Labute approximate surface area is 179 Å². The summed E-state index contributed by atoms with van der Waals surface area (Å²) in [6.07, 6.45) is -1.14. The van der Waals surface area contributed by atoms with Crippen LogP contribution in [0.25, 0.3) is 33.0 Å². The fourth-order valence-corrected chi connectivity index (χ4v) is 3.79. The Balaban J connectivity index is 1.62. The second-order valence-electron chi connectivity index (χ2n) is 7.74. The summed E-state index contributed by atoms with van der Waals surface area (Å²) in [7, 11) is 0. The lowest BCUT2D eigenvalue weighted by molar-refractivity contribution is -0.137. The average Bonchev–Trinajstić information content (AvgIpc) is 2.77. The smallest absolute Gasteiger partial charge is 0.206 e. The molecule has 0 aliphatic carbocycles. The van der Waals surface area contributed by atoms with Crippen molar-refractivity contribution in [3.63, 3.8) is 0 Å². The van der Waals surface area contributed by atoms with Crippen molar-refractivity contribution >= 4 is 10.8 Å². The van der Waals surface area contributed by atoms with Crippen LogP contribution in [0.3, 0.4) is 0 Å². The Morgan fingerprint density at radius 2 is 1.32 bits per heavy atom. The first-order chi connectivity index (χ1) is 14.9. The fraction of sp³-hybridized carbons (Fsp3) is 0.185. The summed E-state index contributed by atoms with van der Waals surface area (Å²) in [4.78, 5) is 0. The van der Waals surface area contributed by atoms with Crippen LogP contribution in [0.5, 0.6) is 0 Å². The van der Waals surface area contributed by atoms with E-state index < -0.39 is 11.7 Å². The standard InChI is InChI=1S/C27H22F4/c1-2-3-4-18-5-15-25-22(17-18)12-16-24(26(25)28)21-8-6-19(7-9-21)20-10-13-23(14-11-20)27(29,30)31/h5-17H,2-4H2,1H3. The Hall–Kier alpha value is -3.14. The largest absolute Gasteiger partial charge is 0.416 e. The van der Waals surface area contributed by atoms with E-state index in [4.69, 9.17) is 0 Å². The molecule has 0 amide bonds. The van der Waals surface area contributed by atoms with E-state index in [1.165, 1.54) is 17.7 Å². The van der Waals surface area contributed by atoms with Crippen molar-refractivity contribution in [1.82, 2.24) is 0 Å². The highest BCUT2D eigenvalue weighted by Crippen LogP contribution is 2.33. The van der Waals surface area contributed by atoms with Crippen LogP contribution in [-0.2, 0) is 12.6 Å². The molecule has 0 heterocycles. The molecule has 4 aromatic rings. The molecule has 0 saturated heterocycles. The van der Waals surface area contributed by atoms with Crippen molar-refractivity contribution < 1.29 is 17.6 Å². The summed E-state index contributed by atoms with van der Waals surface area (Å²) in [5.41, 5.74) is 3.22. The van der Waals surface area contributed by atoms with Gasteiger partial charge in [-0.2, -0.15) is 13.2 Å². The fourth-order valence-electron chi connectivity index (χ4n) is 3.79. The highest BCUT2D eigenvalue weighted by molar-refractivity contribution is 5.89. The summed E-state index contributed by atoms with van der Waals surface area (Å²) in [6, 6.07) is 21.8. The zero-order valence-corrected chi connectivity index (χ0v) is 17.1. The zero-order chi connectivity index (χ0) is 22.0. The Kier molecular flexibility index (Phi) is 5.81. The van der Waals surface area contributed by atoms with Gasteiger partial charge in [0.05, 0.1) is 5.56 Å². The third-order valence-corrected chi connectivity index (χ3v) is 5.58. The van der Waals surface area contributed by atoms with Crippen molar-refractivity contribution in [3.8, 4) is 22.3 Å². The van der Waals surface area contributed by atoms with E-state index in [0.29, 0.717) is 16.5 Å². The quantitative estimate of drug-likeness (QED) is 0.282. The summed E-state index contributed by atoms with van der Waals surface area (Å²) >= 11 is 0. The van der Waals surface area contributed by atoms with Crippen LogP contribution in [0.1, 0.15) is 30.9 Å². The van der Waals surface area contributed by atoms with Gasteiger partial charge in [0.2, 0.25) is 0 Å². The van der Waals surface area contributed by atoms with Gasteiger partial charge in [-0.3, -0.25) is 0 Å². The maximum absolute atomic E-state index is 15.2. The number of fused-ring (bicyclic) bond motifs is 1. The first kappa shape index (κ1) is 21.1. The first-order valence-electron chi connectivity index (χ1n) is 10.4. The summed E-state index contributed by atoms with van der Waals surface area (Å²) in [6.45, 7) is 2.15. The van der Waals surface area contributed by atoms with Gasteiger partial charge in [0.25, 0.3) is 0 Å². The van der Waals surface area contributed by atoms with E-state index in [9.17, 15) is 13.2 Å². The van der Waals surface area contributed by atoms with Gasteiger partial charge in [-0.25, -0.2) is 4.39 Å². The molecule has 0 radical (unpaired) electrons. The molecule has 0 fully saturated rings. The maximum Gasteiger partial charge on any atom is 0.416 e. The molecule has 0 N–H and O–H groups in total. The van der Waals surface area contributed by atoms with E-state index in [-0.39, 0.29) is 5.82 Å². The van der Waals surface area contributed by atoms with Crippen molar-refractivity contribution in [3.05, 3.63) is 95.8 Å². The molecule has 4 aromatic carbocycles. The zero-order valence-electron chi connectivity index (χ0n) is 17.1. The Morgan fingerprint density at radius 3 is 1.94 bits per heavy atom. The SMILES string of the molecule is CCCCc1ccc2c(F)c(-c3ccc(-c4ccc(C(F)(F)F)cc4)cc3)ccc2c1. The third kappa shape index (κ3) is 4.48. The van der Waals surface area contributed by atoms with Gasteiger partial charge in [0, 0.05) is 10.9 Å². The Bertz CT molecular complexity index is 1190. The predicted octanol–water partition coefficient (Wildman–Crippen LogP) is 8.67. The molecule has 31 heavy (non-hydrogen) atoms. The lowest BCUT2D eigenvalue weighted by Gasteiger charge is -2.10. The third-order valence-electron chi connectivity index (χ3n) is 5.58. The highest BCUT2D eigenvalue weighted by Gasteiger charge is 2.29. The minimum absolute atomic E-state index is 0.262. The minimum atomic E-state index is -4.35. The molecule has 0 atom stereocenters. The van der Waals surface area contributed by atoms with Crippen molar-refractivity contribution in [2.75, 3.05) is 0 Å². The molecule has 158 valence electrons. The normalized spacial score (nSPS) is 11.8. The molecule has 0 aromatic heterocycles. The van der Waals surface area contributed by atoms with E-state index >= 15 is 4.39 Å². The lowest BCUT2D eigenvalue weighted by atomic mass is 9.96. The average molecular weight is 422 g/mol. The molecule has 0 nitrogen and oxygen atoms in total. The van der Waals surface area contributed by atoms with Crippen LogP contribution in [-0.4, -0.2) is 0 Å². The summed E-state index contributed by atoms with van der Waals surface area (Å²) in [5.74, 6) is -0.262. The molecule has 4 heteroatoms. The highest BCUT2D eigenvalue weighted by atomic mass is 19.4. The number of rotatable bonds is 5. The van der Waals surface area contributed by atoms with Crippen molar-refractivity contribution in [2.24, 2.45) is 0 Å².